The first-order valence-electron chi connectivity index (χ1n) is 7.70. The van der Waals surface area contributed by atoms with E-state index < -0.39 is 0 Å². The van der Waals surface area contributed by atoms with Gasteiger partial charge in [0.1, 0.15) is 5.82 Å². The van der Waals surface area contributed by atoms with Gasteiger partial charge in [0, 0.05) is 25.2 Å². The standard InChI is InChI=1S/C16H24N4/c1-12-6-9-20(10-7-12)13-4-5-14-15(11-13)19-16(18-14)3-2-8-17/h4-5,11-12H,2-3,6-10,17H2,1H3,(H,18,19). The number of piperidine rings is 1. The van der Waals surface area contributed by atoms with Gasteiger partial charge < -0.3 is 15.6 Å². The van der Waals surface area contributed by atoms with Crippen molar-refractivity contribution in [1.29, 1.82) is 0 Å². The highest BCUT2D eigenvalue weighted by atomic mass is 15.1. The number of imidazole rings is 1. The molecule has 3 N–H and O–H groups in total. The lowest BCUT2D eigenvalue weighted by atomic mass is 9.99. The van der Waals surface area contributed by atoms with Gasteiger partial charge in [-0.1, -0.05) is 6.92 Å². The fourth-order valence-electron chi connectivity index (χ4n) is 2.90. The van der Waals surface area contributed by atoms with Crippen molar-refractivity contribution in [3.63, 3.8) is 0 Å². The molecule has 0 saturated carbocycles. The molecule has 4 nitrogen and oxygen atoms in total. The smallest absolute Gasteiger partial charge is 0.107 e. The third-order valence-electron chi connectivity index (χ3n) is 4.28. The van der Waals surface area contributed by atoms with Crippen LogP contribution in [-0.4, -0.2) is 29.6 Å². The zero-order valence-corrected chi connectivity index (χ0v) is 12.2. The third kappa shape index (κ3) is 2.80. The van der Waals surface area contributed by atoms with E-state index in [-0.39, 0.29) is 0 Å². The molecule has 0 radical (unpaired) electrons. The van der Waals surface area contributed by atoms with Gasteiger partial charge >= 0.3 is 0 Å². The van der Waals surface area contributed by atoms with Crippen molar-refractivity contribution >= 4 is 16.7 Å². The average molecular weight is 272 g/mol. The quantitative estimate of drug-likeness (QED) is 0.899. The molecule has 108 valence electrons. The maximum Gasteiger partial charge on any atom is 0.107 e. The van der Waals surface area contributed by atoms with Gasteiger partial charge in [-0.3, -0.25) is 0 Å². The van der Waals surface area contributed by atoms with Crippen molar-refractivity contribution in [2.75, 3.05) is 24.5 Å². The number of nitrogens with one attached hydrogen (secondary N) is 1. The van der Waals surface area contributed by atoms with E-state index in [1.165, 1.54) is 31.6 Å². The highest BCUT2D eigenvalue weighted by Gasteiger charge is 2.16. The number of nitrogens with two attached hydrogens (primary N) is 1. The number of benzene rings is 1. The van der Waals surface area contributed by atoms with Crippen LogP contribution in [-0.2, 0) is 6.42 Å². The molecule has 3 rings (SSSR count). The Kier molecular flexibility index (Phi) is 3.92. The fourth-order valence-corrected chi connectivity index (χ4v) is 2.90. The molecule has 4 heteroatoms. The van der Waals surface area contributed by atoms with Gasteiger partial charge in [-0.2, -0.15) is 0 Å². The summed E-state index contributed by atoms with van der Waals surface area (Å²) in [6, 6.07) is 6.57. The van der Waals surface area contributed by atoms with E-state index in [2.05, 4.69) is 40.0 Å². The fraction of sp³-hybridized carbons (Fsp3) is 0.562. The van der Waals surface area contributed by atoms with Gasteiger partial charge in [0.15, 0.2) is 0 Å². The SMILES string of the molecule is CC1CCN(c2ccc3nc(CCCN)[nH]c3c2)CC1. The van der Waals surface area contributed by atoms with E-state index in [9.17, 15) is 0 Å². The van der Waals surface area contributed by atoms with Gasteiger partial charge in [0.2, 0.25) is 0 Å². The number of rotatable bonds is 4. The van der Waals surface area contributed by atoms with Crippen LogP contribution in [0.3, 0.4) is 0 Å². The molecule has 1 aromatic heterocycles. The predicted octanol–water partition coefficient (Wildman–Crippen LogP) is 2.69. The van der Waals surface area contributed by atoms with Crippen molar-refractivity contribution in [2.24, 2.45) is 11.7 Å². The Morgan fingerprint density at radius 2 is 2.15 bits per heavy atom. The second-order valence-electron chi connectivity index (χ2n) is 5.95. The molecule has 1 saturated heterocycles. The molecule has 1 aliphatic heterocycles. The maximum absolute atomic E-state index is 5.56. The molecule has 0 aliphatic carbocycles. The number of aromatic nitrogens is 2. The van der Waals surface area contributed by atoms with Gasteiger partial charge in [-0.05, 0) is 49.9 Å². The Labute approximate surface area is 120 Å². The summed E-state index contributed by atoms with van der Waals surface area (Å²) in [7, 11) is 0. The summed E-state index contributed by atoms with van der Waals surface area (Å²) in [4.78, 5) is 10.5. The molecular weight excluding hydrogens is 248 g/mol. The molecule has 1 aliphatic rings. The van der Waals surface area contributed by atoms with Crippen molar-refractivity contribution in [1.82, 2.24) is 9.97 Å². The zero-order valence-electron chi connectivity index (χ0n) is 12.2. The summed E-state index contributed by atoms with van der Waals surface area (Å²) in [5, 5.41) is 0. The summed E-state index contributed by atoms with van der Waals surface area (Å²) in [5.41, 5.74) is 9.08. The minimum atomic E-state index is 0.717. The van der Waals surface area contributed by atoms with Crippen LogP contribution < -0.4 is 10.6 Å². The van der Waals surface area contributed by atoms with Crippen LogP contribution in [0.2, 0.25) is 0 Å². The number of fused-ring (bicyclic) bond motifs is 1. The first-order valence-corrected chi connectivity index (χ1v) is 7.70. The molecule has 2 aromatic rings. The summed E-state index contributed by atoms with van der Waals surface area (Å²) in [6.45, 7) is 5.40. The van der Waals surface area contributed by atoms with Crippen molar-refractivity contribution < 1.29 is 0 Å². The van der Waals surface area contributed by atoms with Crippen LogP contribution in [0.25, 0.3) is 11.0 Å². The van der Waals surface area contributed by atoms with E-state index in [1.54, 1.807) is 0 Å². The molecule has 1 aromatic carbocycles. The molecular formula is C16H24N4. The minimum absolute atomic E-state index is 0.717. The normalized spacial score (nSPS) is 17.0. The van der Waals surface area contributed by atoms with E-state index in [4.69, 9.17) is 5.73 Å². The van der Waals surface area contributed by atoms with Crippen LogP contribution >= 0.6 is 0 Å². The van der Waals surface area contributed by atoms with Crippen molar-refractivity contribution in [3.8, 4) is 0 Å². The highest BCUT2D eigenvalue weighted by Crippen LogP contribution is 2.25. The van der Waals surface area contributed by atoms with Gasteiger partial charge in [0.25, 0.3) is 0 Å². The lowest BCUT2D eigenvalue weighted by Gasteiger charge is -2.32. The van der Waals surface area contributed by atoms with Gasteiger partial charge in [-0.15, -0.1) is 0 Å². The lowest BCUT2D eigenvalue weighted by molar-refractivity contribution is 0.438. The Bertz CT molecular complexity index is 567. The van der Waals surface area contributed by atoms with E-state index in [0.717, 1.165) is 35.6 Å². The largest absolute Gasteiger partial charge is 0.371 e. The summed E-state index contributed by atoms with van der Waals surface area (Å²) < 4.78 is 0. The zero-order chi connectivity index (χ0) is 13.9. The van der Waals surface area contributed by atoms with E-state index in [1.807, 2.05) is 0 Å². The average Bonchev–Trinajstić information content (AvgIpc) is 2.87. The number of aromatic amines is 1. The second-order valence-corrected chi connectivity index (χ2v) is 5.95. The first-order chi connectivity index (χ1) is 9.76. The Morgan fingerprint density at radius 3 is 2.90 bits per heavy atom. The van der Waals surface area contributed by atoms with Crippen molar-refractivity contribution in [2.45, 2.75) is 32.6 Å². The highest BCUT2D eigenvalue weighted by molar-refractivity contribution is 5.79. The topological polar surface area (TPSA) is 57.9 Å². The minimum Gasteiger partial charge on any atom is -0.371 e. The molecule has 0 bridgehead atoms. The molecule has 0 spiro atoms. The number of hydrogen-bond donors (Lipinski definition) is 2. The Balaban J connectivity index is 1.79. The first kappa shape index (κ1) is 13.4. The molecule has 2 heterocycles. The summed E-state index contributed by atoms with van der Waals surface area (Å²) in [5.74, 6) is 1.92. The number of anilines is 1. The Morgan fingerprint density at radius 1 is 1.35 bits per heavy atom. The van der Waals surface area contributed by atoms with Crippen LogP contribution in [0, 0.1) is 5.92 Å². The molecule has 0 atom stereocenters. The second kappa shape index (κ2) is 5.83. The number of H-pyrrole nitrogens is 1. The van der Waals surface area contributed by atoms with E-state index >= 15 is 0 Å². The van der Waals surface area contributed by atoms with Crippen LogP contribution in [0.5, 0.6) is 0 Å². The van der Waals surface area contributed by atoms with Gasteiger partial charge in [-0.25, -0.2) is 4.98 Å². The number of hydrogen-bond acceptors (Lipinski definition) is 3. The molecule has 1 fully saturated rings. The van der Waals surface area contributed by atoms with Crippen molar-refractivity contribution in [3.05, 3.63) is 24.0 Å². The molecule has 20 heavy (non-hydrogen) atoms. The predicted molar refractivity (Wildman–Crippen MR) is 84.1 cm³/mol. The number of nitrogens with zero attached hydrogens (tertiary/aromatic N) is 2. The van der Waals surface area contributed by atoms with Gasteiger partial charge in [0.05, 0.1) is 11.0 Å². The summed E-state index contributed by atoms with van der Waals surface area (Å²) in [6.07, 6.45) is 4.50. The van der Waals surface area contributed by atoms with Crippen LogP contribution in [0.1, 0.15) is 32.0 Å². The van der Waals surface area contributed by atoms with Crippen LogP contribution in [0.15, 0.2) is 18.2 Å². The monoisotopic (exact) mass is 272 g/mol. The molecule has 0 unspecified atom stereocenters. The van der Waals surface area contributed by atoms with E-state index in [0.29, 0.717) is 6.54 Å². The maximum atomic E-state index is 5.56. The summed E-state index contributed by atoms with van der Waals surface area (Å²) >= 11 is 0. The lowest BCUT2D eigenvalue weighted by Crippen LogP contribution is -2.32. The Hall–Kier alpha value is -1.55. The number of aryl methyl sites for hydroxylation is 1. The molecule has 0 amide bonds. The third-order valence-corrected chi connectivity index (χ3v) is 4.28. The van der Waals surface area contributed by atoms with Crippen LogP contribution in [0.4, 0.5) is 5.69 Å².